The summed E-state index contributed by atoms with van der Waals surface area (Å²) in [4.78, 5) is 27.6. The predicted octanol–water partition coefficient (Wildman–Crippen LogP) is 3.84. The van der Waals surface area contributed by atoms with Gasteiger partial charge in [-0.3, -0.25) is 14.3 Å². The Morgan fingerprint density at radius 2 is 1.73 bits per heavy atom. The van der Waals surface area contributed by atoms with Gasteiger partial charge in [0.25, 0.3) is 5.56 Å². The summed E-state index contributed by atoms with van der Waals surface area (Å²) >= 11 is 0. The van der Waals surface area contributed by atoms with E-state index in [1.807, 2.05) is 4.57 Å². The van der Waals surface area contributed by atoms with Gasteiger partial charge in [-0.25, -0.2) is 9.97 Å². The van der Waals surface area contributed by atoms with Crippen molar-refractivity contribution in [1.29, 1.82) is 0 Å². The van der Waals surface area contributed by atoms with Crippen LogP contribution in [-0.4, -0.2) is 52.2 Å². The Bertz CT molecular complexity index is 1160. The summed E-state index contributed by atoms with van der Waals surface area (Å²) in [7, 11) is 0. The molecule has 6 nitrogen and oxygen atoms in total. The van der Waals surface area contributed by atoms with Crippen LogP contribution in [0.15, 0.2) is 41.2 Å². The number of hydrogen-bond acceptors (Lipinski definition) is 5. The van der Waals surface area contributed by atoms with Gasteiger partial charge in [-0.05, 0) is 70.2 Å². The molecule has 3 aromatic rings. The van der Waals surface area contributed by atoms with Crippen LogP contribution in [0.25, 0.3) is 10.9 Å². The molecule has 33 heavy (non-hydrogen) atoms. The number of aromatic nitrogens is 3. The van der Waals surface area contributed by atoms with Gasteiger partial charge in [-0.1, -0.05) is 18.2 Å². The second-order valence-corrected chi connectivity index (χ2v) is 9.36. The highest BCUT2D eigenvalue weighted by atomic mass is 16.1. The highest BCUT2D eigenvalue weighted by Gasteiger charge is 2.20. The second-order valence-electron chi connectivity index (χ2n) is 9.36. The van der Waals surface area contributed by atoms with Crippen LogP contribution >= 0.6 is 0 Å². The van der Waals surface area contributed by atoms with Crippen LogP contribution in [0.1, 0.15) is 49.7 Å². The van der Waals surface area contributed by atoms with Gasteiger partial charge in [0.15, 0.2) is 0 Å². The quantitative estimate of drug-likeness (QED) is 0.517. The number of anilines is 1. The van der Waals surface area contributed by atoms with E-state index >= 15 is 0 Å². The third kappa shape index (κ3) is 4.81. The smallest absolute Gasteiger partial charge is 0.256 e. The van der Waals surface area contributed by atoms with Gasteiger partial charge in [0.2, 0.25) is 0 Å². The van der Waals surface area contributed by atoms with Crippen molar-refractivity contribution >= 4 is 16.7 Å². The number of piperazine rings is 1. The number of pyridine rings is 1. The van der Waals surface area contributed by atoms with E-state index in [9.17, 15) is 4.79 Å². The van der Waals surface area contributed by atoms with Crippen molar-refractivity contribution in [2.45, 2.75) is 58.4 Å². The molecule has 0 radical (unpaired) electrons. The van der Waals surface area contributed by atoms with Crippen molar-refractivity contribution in [3.8, 4) is 0 Å². The van der Waals surface area contributed by atoms with E-state index in [0.29, 0.717) is 0 Å². The molecule has 6 heteroatoms. The lowest BCUT2D eigenvalue weighted by molar-refractivity contribution is 0.252. The van der Waals surface area contributed by atoms with E-state index in [1.54, 1.807) is 0 Å². The number of nitrogens with zero attached hydrogens (tertiary/aromatic N) is 5. The third-order valence-electron chi connectivity index (χ3n) is 7.24. The summed E-state index contributed by atoms with van der Waals surface area (Å²) < 4.78 is 1.92. The number of unbranched alkanes of at least 4 members (excludes halogenated alkanes) is 1. The van der Waals surface area contributed by atoms with Crippen LogP contribution in [0.3, 0.4) is 0 Å². The Balaban J connectivity index is 1.12. The summed E-state index contributed by atoms with van der Waals surface area (Å²) in [5.41, 5.74) is 3.34. The van der Waals surface area contributed by atoms with E-state index in [2.05, 4.69) is 53.1 Å². The summed E-state index contributed by atoms with van der Waals surface area (Å²) in [5.74, 6) is 2.08. The molecule has 5 rings (SSSR count). The zero-order chi connectivity index (χ0) is 22.6. The minimum absolute atomic E-state index is 0.218. The topological polar surface area (TPSA) is 54.3 Å². The summed E-state index contributed by atoms with van der Waals surface area (Å²) in [6, 6.07) is 12.6. The fourth-order valence-electron chi connectivity index (χ4n) is 5.31. The fourth-order valence-corrected chi connectivity index (χ4v) is 5.31. The van der Waals surface area contributed by atoms with Crippen molar-refractivity contribution in [2.75, 3.05) is 37.6 Å². The van der Waals surface area contributed by atoms with Crippen LogP contribution in [-0.2, 0) is 25.8 Å². The molecule has 1 aliphatic heterocycles. The number of rotatable bonds is 7. The lowest BCUT2D eigenvalue weighted by atomic mass is 9.97. The summed E-state index contributed by atoms with van der Waals surface area (Å²) in [6.07, 6.45) is 7.29. The molecule has 0 unspecified atom stereocenters. The van der Waals surface area contributed by atoms with E-state index in [4.69, 9.17) is 9.97 Å². The third-order valence-corrected chi connectivity index (χ3v) is 7.24. The molecule has 1 saturated heterocycles. The van der Waals surface area contributed by atoms with Crippen molar-refractivity contribution < 1.29 is 0 Å². The van der Waals surface area contributed by atoms with Gasteiger partial charge in [-0.2, -0.15) is 0 Å². The Hall–Kier alpha value is -2.73. The fraction of sp³-hybridized carbons (Fsp3) is 0.519. The van der Waals surface area contributed by atoms with Crippen molar-refractivity contribution in [1.82, 2.24) is 19.4 Å². The number of benzene rings is 1. The van der Waals surface area contributed by atoms with Crippen LogP contribution in [0.4, 0.5) is 5.82 Å². The van der Waals surface area contributed by atoms with Gasteiger partial charge in [0, 0.05) is 50.1 Å². The first-order chi connectivity index (χ1) is 16.2. The Kier molecular flexibility index (Phi) is 6.72. The van der Waals surface area contributed by atoms with Gasteiger partial charge in [0.05, 0.1) is 11.2 Å². The molecule has 1 fully saturated rings. The second kappa shape index (κ2) is 10.0. The molecular formula is C27H35N5O. The maximum atomic E-state index is 12.9. The average molecular weight is 446 g/mol. The molecular weight excluding hydrogens is 410 g/mol. The first-order valence-corrected chi connectivity index (χ1v) is 12.7. The molecule has 174 valence electrons. The van der Waals surface area contributed by atoms with E-state index < -0.39 is 0 Å². The highest BCUT2D eigenvalue weighted by molar-refractivity contribution is 5.80. The number of aryl methyl sites for hydroxylation is 2. The monoisotopic (exact) mass is 445 g/mol. The molecule has 3 heterocycles. The zero-order valence-corrected chi connectivity index (χ0v) is 19.8. The number of hydrogen-bond donors (Lipinski definition) is 0. The molecule has 1 aromatic carbocycles. The Morgan fingerprint density at radius 3 is 2.58 bits per heavy atom. The highest BCUT2D eigenvalue weighted by Crippen LogP contribution is 2.20. The van der Waals surface area contributed by atoms with Gasteiger partial charge in [0.1, 0.15) is 11.6 Å². The summed E-state index contributed by atoms with van der Waals surface area (Å²) in [6.45, 7) is 8.09. The lowest BCUT2D eigenvalue weighted by Gasteiger charge is -2.35. The lowest BCUT2D eigenvalue weighted by Crippen LogP contribution is -2.46. The maximum absolute atomic E-state index is 12.9. The Labute approximate surface area is 196 Å². The summed E-state index contributed by atoms with van der Waals surface area (Å²) in [5, 5.41) is 1.20. The SMILES string of the molecule is CCn1c(CCCCN2CCN(c3ccc4ccccc4n3)CC2)nc2c(c1=O)CCCC2. The molecule has 0 amide bonds. The first kappa shape index (κ1) is 22.1. The molecule has 0 atom stereocenters. The molecule has 0 N–H and O–H groups in total. The molecule has 2 aliphatic rings. The number of para-hydroxylation sites is 1. The van der Waals surface area contributed by atoms with E-state index in [1.165, 1.54) is 5.39 Å². The molecule has 0 spiro atoms. The molecule has 0 saturated carbocycles. The van der Waals surface area contributed by atoms with Gasteiger partial charge >= 0.3 is 0 Å². The molecule has 0 bridgehead atoms. The zero-order valence-electron chi connectivity index (χ0n) is 19.8. The Morgan fingerprint density at radius 1 is 0.909 bits per heavy atom. The standard InChI is InChI=1S/C27H35N5O/c1-2-32-26(29-24-12-6-4-10-22(24)27(32)33)13-7-8-16-30-17-19-31(20-18-30)25-15-14-21-9-3-5-11-23(21)28-25/h3,5,9,11,14-15H,2,4,6-8,10,12-13,16-20H2,1H3. The predicted molar refractivity (Wildman–Crippen MR) is 134 cm³/mol. The van der Waals surface area contributed by atoms with E-state index in [-0.39, 0.29) is 5.56 Å². The number of fused-ring (bicyclic) bond motifs is 2. The largest absolute Gasteiger partial charge is 0.354 e. The van der Waals surface area contributed by atoms with Crippen molar-refractivity contribution in [2.24, 2.45) is 0 Å². The molecule has 1 aliphatic carbocycles. The minimum Gasteiger partial charge on any atom is -0.354 e. The normalized spacial score (nSPS) is 16.8. The van der Waals surface area contributed by atoms with Gasteiger partial charge in [-0.15, -0.1) is 0 Å². The van der Waals surface area contributed by atoms with Crippen LogP contribution in [0, 0.1) is 0 Å². The van der Waals surface area contributed by atoms with Crippen molar-refractivity contribution in [3.05, 3.63) is 63.8 Å². The van der Waals surface area contributed by atoms with Gasteiger partial charge < -0.3 is 4.90 Å². The van der Waals surface area contributed by atoms with Crippen LogP contribution in [0.5, 0.6) is 0 Å². The minimum atomic E-state index is 0.218. The first-order valence-electron chi connectivity index (χ1n) is 12.7. The van der Waals surface area contributed by atoms with Crippen molar-refractivity contribution in [3.63, 3.8) is 0 Å². The maximum Gasteiger partial charge on any atom is 0.256 e. The van der Waals surface area contributed by atoms with Crippen LogP contribution in [0.2, 0.25) is 0 Å². The molecule has 2 aromatic heterocycles. The average Bonchev–Trinajstić information content (AvgIpc) is 2.87. The van der Waals surface area contributed by atoms with Crippen LogP contribution < -0.4 is 10.5 Å². The van der Waals surface area contributed by atoms with E-state index in [0.717, 1.165) is 113 Å².